The van der Waals surface area contributed by atoms with E-state index in [4.69, 9.17) is 5.11 Å². The zero-order valence-corrected chi connectivity index (χ0v) is 12.5. The van der Waals surface area contributed by atoms with E-state index in [1.54, 1.807) is 0 Å². The van der Waals surface area contributed by atoms with Crippen molar-refractivity contribution >= 4 is 5.91 Å². The van der Waals surface area contributed by atoms with E-state index in [1.807, 2.05) is 6.92 Å². The van der Waals surface area contributed by atoms with Crippen molar-refractivity contribution in [3.8, 4) is 0 Å². The van der Waals surface area contributed by atoms with E-state index in [9.17, 15) is 4.79 Å². The van der Waals surface area contributed by atoms with Crippen LogP contribution in [0.25, 0.3) is 0 Å². The van der Waals surface area contributed by atoms with Crippen LogP contribution < -0.4 is 10.6 Å². The number of hydrogen-bond donors (Lipinski definition) is 3. The van der Waals surface area contributed by atoms with Gasteiger partial charge in [0.1, 0.15) is 0 Å². The summed E-state index contributed by atoms with van der Waals surface area (Å²) in [6.45, 7) is 10.4. The molecular formula is C14H30N2O2. The maximum Gasteiger partial charge on any atom is 0.237 e. The van der Waals surface area contributed by atoms with Crippen molar-refractivity contribution in [3.63, 3.8) is 0 Å². The molecule has 0 saturated carbocycles. The molecule has 0 radical (unpaired) electrons. The lowest BCUT2D eigenvalue weighted by atomic mass is 10.00. The number of rotatable bonds is 9. The van der Waals surface area contributed by atoms with Gasteiger partial charge in [-0.05, 0) is 32.1 Å². The molecule has 1 amide bonds. The number of carbonyl (C=O) groups is 1. The van der Waals surface area contributed by atoms with Crippen LogP contribution in [0.1, 0.15) is 53.9 Å². The van der Waals surface area contributed by atoms with Crippen LogP contribution in [0.2, 0.25) is 0 Å². The lowest BCUT2D eigenvalue weighted by Gasteiger charge is -2.26. The van der Waals surface area contributed by atoms with E-state index in [2.05, 4.69) is 38.3 Å². The predicted octanol–water partition coefficient (Wildman–Crippen LogP) is 1.68. The molecule has 108 valence electrons. The summed E-state index contributed by atoms with van der Waals surface area (Å²) in [6.07, 6.45) is 2.60. The molecule has 0 aliphatic rings. The second-order valence-corrected chi connectivity index (χ2v) is 5.27. The molecule has 0 fully saturated rings. The lowest BCUT2D eigenvalue weighted by Crippen LogP contribution is -2.50. The van der Waals surface area contributed by atoms with E-state index in [-0.39, 0.29) is 30.6 Å². The number of hydrogen-bond acceptors (Lipinski definition) is 3. The summed E-state index contributed by atoms with van der Waals surface area (Å²) in [5.74, 6) is 0.452. The first-order valence-corrected chi connectivity index (χ1v) is 7.13. The van der Waals surface area contributed by atoms with E-state index >= 15 is 0 Å². The van der Waals surface area contributed by atoms with Gasteiger partial charge in [-0.2, -0.15) is 0 Å². The minimum absolute atomic E-state index is 0.0484. The summed E-state index contributed by atoms with van der Waals surface area (Å²) < 4.78 is 0. The SMILES string of the molecule is CCC(CC)NC(=O)C(C)NC(CCO)C(C)C. The Balaban J connectivity index is 4.27. The molecular weight excluding hydrogens is 228 g/mol. The van der Waals surface area contributed by atoms with E-state index in [1.165, 1.54) is 0 Å². The highest BCUT2D eigenvalue weighted by Crippen LogP contribution is 2.07. The molecule has 0 heterocycles. The third-order valence-corrected chi connectivity index (χ3v) is 3.43. The Labute approximate surface area is 112 Å². The number of amides is 1. The van der Waals surface area contributed by atoms with E-state index < -0.39 is 0 Å². The second-order valence-electron chi connectivity index (χ2n) is 5.27. The Kier molecular flexibility index (Phi) is 9.02. The summed E-state index contributed by atoms with van der Waals surface area (Å²) in [7, 11) is 0. The molecule has 0 aromatic rings. The van der Waals surface area contributed by atoms with E-state index in [0.29, 0.717) is 12.3 Å². The fourth-order valence-corrected chi connectivity index (χ4v) is 1.96. The van der Waals surface area contributed by atoms with Crippen LogP contribution in [0.4, 0.5) is 0 Å². The molecule has 0 bridgehead atoms. The first kappa shape index (κ1) is 17.4. The zero-order chi connectivity index (χ0) is 14.1. The monoisotopic (exact) mass is 258 g/mol. The van der Waals surface area contributed by atoms with Crippen molar-refractivity contribution in [3.05, 3.63) is 0 Å². The number of nitrogens with one attached hydrogen (secondary N) is 2. The molecule has 0 aliphatic heterocycles. The van der Waals surface area contributed by atoms with Crippen LogP contribution >= 0.6 is 0 Å². The maximum absolute atomic E-state index is 12.0. The summed E-state index contributed by atoms with van der Waals surface area (Å²) >= 11 is 0. The topological polar surface area (TPSA) is 61.4 Å². The maximum atomic E-state index is 12.0. The van der Waals surface area contributed by atoms with Crippen molar-refractivity contribution < 1.29 is 9.90 Å². The van der Waals surface area contributed by atoms with Gasteiger partial charge in [-0.1, -0.05) is 27.7 Å². The van der Waals surface area contributed by atoms with Gasteiger partial charge in [0.2, 0.25) is 5.91 Å². The van der Waals surface area contributed by atoms with Crippen LogP contribution in [-0.4, -0.2) is 35.7 Å². The van der Waals surface area contributed by atoms with Gasteiger partial charge in [-0.25, -0.2) is 0 Å². The fourth-order valence-electron chi connectivity index (χ4n) is 1.96. The Morgan fingerprint density at radius 1 is 1.17 bits per heavy atom. The largest absolute Gasteiger partial charge is 0.396 e. The third kappa shape index (κ3) is 6.36. The van der Waals surface area contributed by atoms with Crippen molar-refractivity contribution in [2.75, 3.05) is 6.61 Å². The average Bonchev–Trinajstić information content (AvgIpc) is 2.34. The molecule has 0 aliphatic carbocycles. The molecule has 4 heteroatoms. The molecule has 18 heavy (non-hydrogen) atoms. The highest BCUT2D eigenvalue weighted by atomic mass is 16.3. The highest BCUT2D eigenvalue weighted by molar-refractivity contribution is 5.81. The summed E-state index contributed by atoms with van der Waals surface area (Å²) in [5.41, 5.74) is 0. The van der Waals surface area contributed by atoms with Crippen LogP contribution in [0.15, 0.2) is 0 Å². The normalized spacial score (nSPS) is 14.9. The summed E-state index contributed by atoms with van der Waals surface area (Å²) in [4.78, 5) is 12.0. The van der Waals surface area contributed by atoms with Crippen molar-refractivity contribution in [2.24, 2.45) is 5.92 Å². The Bertz CT molecular complexity index is 228. The Hall–Kier alpha value is -0.610. The van der Waals surface area contributed by atoms with Crippen LogP contribution in [0, 0.1) is 5.92 Å². The van der Waals surface area contributed by atoms with E-state index in [0.717, 1.165) is 12.8 Å². The molecule has 0 aromatic carbocycles. The van der Waals surface area contributed by atoms with Gasteiger partial charge in [0.05, 0.1) is 6.04 Å². The molecule has 3 N–H and O–H groups in total. The number of carbonyl (C=O) groups excluding carboxylic acids is 1. The van der Waals surface area contributed by atoms with Gasteiger partial charge in [-0.3, -0.25) is 4.79 Å². The average molecular weight is 258 g/mol. The fraction of sp³-hybridized carbons (Fsp3) is 0.929. The zero-order valence-electron chi connectivity index (χ0n) is 12.5. The van der Waals surface area contributed by atoms with Gasteiger partial charge in [0, 0.05) is 18.7 Å². The third-order valence-electron chi connectivity index (χ3n) is 3.43. The smallest absolute Gasteiger partial charge is 0.237 e. The Morgan fingerprint density at radius 3 is 2.11 bits per heavy atom. The van der Waals surface area contributed by atoms with Crippen molar-refractivity contribution in [1.82, 2.24) is 10.6 Å². The molecule has 0 rings (SSSR count). The minimum atomic E-state index is -0.218. The number of aliphatic hydroxyl groups is 1. The van der Waals surface area contributed by atoms with Gasteiger partial charge in [0.15, 0.2) is 0 Å². The van der Waals surface area contributed by atoms with Crippen LogP contribution in [0.3, 0.4) is 0 Å². The molecule has 0 spiro atoms. The minimum Gasteiger partial charge on any atom is -0.396 e. The van der Waals surface area contributed by atoms with Gasteiger partial charge < -0.3 is 15.7 Å². The first-order chi connectivity index (χ1) is 8.46. The van der Waals surface area contributed by atoms with Gasteiger partial charge in [-0.15, -0.1) is 0 Å². The number of aliphatic hydroxyl groups excluding tert-OH is 1. The van der Waals surface area contributed by atoms with Gasteiger partial charge in [0.25, 0.3) is 0 Å². The van der Waals surface area contributed by atoms with Crippen molar-refractivity contribution in [1.29, 1.82) is 0 Å². The summed E-state index contributed by atoms with van der Waals surface area (Å²) in [5, 5.41) is 15.4. The summed E-state index contributed by atoms with van der Waals surface area (Å²) in [6, 6.07) is 0.221. The second kappa shape index (κ2) is 9.34. The first-order valence-electron chi connectivity index (χ1n) is 7.13. The standard InChI is InChI=1S/C14H30N2O2/c1-6-12(7-2)16-14(18)11(5)15-13(8-9-17)10(3)4/h10-13,15,17H,6-9H2,1-5H3,(H,16,18). The highest BCUT2D eigenvalue weighted by Gasteiger charge is 2.20. The molecule has 0 aromatic heterocycles. The van der Waals surface area contributed by atoms with Crippen LogP contribution in [0.5, 0.6) is 0 Å². The van der Waals surface area contributed by atoms with Crippen LogP contribution in [-0.2, 0) is 4.79 Å². The Morgan fingerprint density at radius 2 is 1.72 bits per heavy atom. The molecule has 4 nitrogen and oxygen atoms in total. The molecule has 2 unspecified atom stereocenters. The lowest BCUT2D eigenvalue weighted by molar-refractivity contribution is -0.123. The van der Waals surface area contributed by atoms with Crippen molar-refractivity contribution in [2.45, 2.75) is 72.0 Å². The molecule has 0 saturated heterocycles. The quantitative estimate of drug-likeness (QED) is 0.589. The predicted molar refractivity (Wildman–Crippen MR) is 75.4 cm³/mol. The molecule has 2 atom stereocenters. The van der Waals surface area contributed by atoms with Gasteiger partial charge >= 0.3 is 0 Å².